The Labute approximate surface area is 122 Å². The number of carboxylic acid groups (broad SMARTS) is 1. The first-order valence-electron chi connectivity index (χ1n) is 5.03. The summed E-state index contributed by atoms with van der Waals surface area (Å²) in [6.07, 6.45) is -0.943. The third-order valence-corrected chi connectivity index (χ3v) is 2.37. The van der Waals surface area contributed by atoms with Crippen LogP contribution in [0.4, 0.5) is 0 Å². The van der Waals surface area contributed by atoms with E-state index in [1.807, 2.05) is 36.4 Å². The molecule has 0 heterocycles. The molecule has 17 heavy (non-hydrogen) atoms. The van der Waals surface area contributed by atoms with Crippen molar-refractivity contribution in [2.24, 2.45) is 0 Å². The van der Waals surface area contributed by atoms with Gasteiger partial charge in [-0.15, -0.1) is 0 Å². The van der Waals surface area contributed by atoms with Crippen LogP contribution in [0.25, 0.3) is 10.8 Å². The maximum atomic E-state index is 10.5. The minimum absolute atomic E-state index is 0. The van der Waals surface area contributed by atoms with Gasteiger partial charge in [-0.3, -0.25) is 0 Å². The smallest absolute Gasteiger partial charge is 0.546 e. The van der Waals surface area contributed by atoms with Crippen LogP contribution >= 0.6 is 0 Å². The van der Waals surface area contributed by atoms with E-state index in [0.29, 0.717) is 5.75 Å². The summed E-state index contributed by atoms with van der Waals surface area (Å²) in [6, 6.07) is 13.3. The summed E-state index contributed by atoms with van der Waals surface area (Å²) in [6.45, 7) is 1.45. The van der Waals surface area contributed by atoms with Gasteiger partial charge in [-0.1, -0.05) is 30.3 Å². The molecule has 2 rings (SSSR count). The molecule has 0 saturated heterocycles. The first-order chi connectivity index (χ1) is 7.66. The zero-order valence-corrected chi connectivity index (χ0v) is 11.8. The molecule has 1 atom stereocenters. The van der Waals surface area contributed by atoms with Crippen LogP contribution in [0.2, 0.25) is 0 Å². The van der Waals surface area contributed by atoms with Gasteiger partial charge < -0.3 is 14.6 Å². The summed E-state index contributed by atoms with van der Waals surface area (Å²) in [5.41, 5.74) is 0. The second-order valence-electron chi connectivity index (χ2n) is 3.59. The van der Waals surface area contributed by atoms with E-state index < -0.39 is 12.1 Å². The van der Waals surface area contributed by atoms with E-state index in [-0.39, 0.29) is 29.6 Å². The Morgan fingerprint density at radius 1 is 1.18 bits per heavy atom. The maximum Gasteiger partial charge on any atom is 1.00 e. The van der Waals surface area contributed by atoms with Gasteiger partial charge in [0.15, 0.2) is 0 Å². The number of carbonyl (C=O) groups excluding carboxylic acids is 1. The van der Waals surface area contributed by atoms with Crippen LogP contribution in [0.1, 0.15) is 6.92 Å². The minimum atomic E-state index is -1.21. The largest absolute Gasteiger partial charge is 1.00 e. The van der Waals surface area contributed by atoms with Gasteiger partial charge >= 0.3 is 29.6 Å². The monoisotopic (exact) mass is 238 g/mol. The zero-order chi connectivity index (χ0) is 11.5. The topological polar surface area (TPSA) is 49.4 Å². The maximum absolute atomic E-state index is 10.5. The van der Waals surface area contributed by atoms with E-state index in [1.165, 1.54) is 6.92 Å². The van der Waals surface area contributed by atoms with Gasteiger partial charge in [0.2, 0.25) is 0 Å². The Morgan fingerprint density at radius 2 is 1.82 bits per heavy atom. The quantitative estimate of drug-likeness (QED) is 0.603. The normalized spacial score (nSPS) is 11.6. The van der Waals surface area contributed by atoms with Gasteiger partial charge in [0, 0.05) is 0 Å². The van der Waals surface area contributed by atoms with Crippen molar-refractivity contribution in [1.82, 2.24) is 0 Å². The summed E-state index contributed by atoms with van der Waals surface area (Å²) in [7, 11) is 0. The fourth-order valence-corrected chi connectivity index (χ4v) is 1.49. The van der Waals surface area contributed by atoms with Crippen LogP contribution in [0.15, 0.2) is 42.5 Å². The molecule has 0 aliphatic carbocycles. The molecule has 3 nitrogen and oxygen atoms in total. The first kappa shape index (κ1) is 14.0. The third-order valence-electron chi connectivity index (χ3n) is 2.37. The van der Waals surface area contributed by atoms with Crippen molar-refractivity contribution in [3.8, 4) is 5.75 Å². The summed E-state index contributed by atoms with van der Waals surface area (Å²) in [4.78, 5) is 10.5. The third kappa shape index (κ3) is 3.46. The van der Waals surface area contributed by atoms with Gasteiger partial charge in [0.1, 0.15) is 11.9 Å². The molecule has 82 valence electrons. The summed E-state index contributed by atoms with van der Waals surface area (Å²) >= 11 is 0. The fraction of sp³-hybridized carbons (Fsp3) is 0.154. The number of aliphatic carboxylic acids is 1. The van der Waals surface area contributed by atoms with Gasteiger partial charge in [0.25, 0.3) is 0 Å². The van der Waals surface area contributed by atoms with Crippen molar-refractivity contribution in [3.05, 3.63) is 42.5 Å². The Balaban J connectivity index is 0.00000144. The van der Waals surface area contributed by atoms with Crippen molar-refractivity contribution < 1.29 is 44.2 Å². The molecule has 4 heteroatoms. The van der Waals surface area contributed by atoms with Crippen molar-refractivity contribution in [2.75, 3.05) is 0 Å². The second-order valence-corrected chi connectivity index (χ2v) is 3.59. The number of fused-ring (bicyclic) bond motifs is 1. The van der Waals surface area contributed by atoms with Crippen LogP contribution in [0.3, 0.4) is 0 Å². The van der Waals surface area contributed by atoms with Crippen LogP contribution < -0.4 is 39.4 Å². The predicted octanol–water partition coefficient (Wildman–Crippen LogP) is -1.64. The molecule has 2 aromatic carbocycles. The van der Waals surface area contributed by atoms with E-state index in [4.69, 9.17) is 4.74 Å². The second kappa shape index (κ2) is 6.05. The number of ether oxygens (including phenoxy) is 1. The van der Waals surface area contributed by atoms with E-state index in [0.717, 1.165) is 10.8 Å². The Bertz CT molecular complexity index is 525. The summed E-state index contributed by atoms with van der Waals surface area (Å²) in [5, 5.41) is 12.6. The first-order valence-corrected chi connectivity index (χ1v) is 5.03. The molecule has 0 N–H and O–H groups in total. The van der Waals surface area contributed by atoms with Crippen molar-refractivity contribution in [2.45, 2.75) is 13.0 Å². The Morgan fingerprint density at radius 3 is 2.47 bits per heavy atom. The molecule has 0 fully saturated rings. The average Bonchev–Trinajstić information content (AvgIpc) is 2.28. The van der Waals surface area contributed by atoms with Crippen molar-refractivity contribution in [3.63, 3.8) is 0 Å². The Hall–Kier alpha value is -1.03. The molecule has 0 aliphatic rings. The fourth-order valence-electron chi connectivity index (χ4n) is 1.49. The van der Waals surface area contributed by atoms with Crippen LogP contribution in [0, 0.1) is 0 Å². The van der Waals surface area contributed by atoms with Gasteiger partial charge in [-0.05, 0) is 29.8 Å². The number of carbonyl (C=O) groups is 1. The molecule has 2 aromatic rings. The number of hydrogen-bond donors (Lipinski definition) is 0. The van der Waals surface area contributed by atoms with E-state index in [9.17, 15) is 9.90 Å². The van der Waals surface area contributed by atoms with Gasteiger partial charge in [-0.2, -0.15) is 0 Å². The van der Waals surface area contributed by atoms with Gasteiger partial charge in [-0.25, -0.2) is 0 Å². The van der Waals surface area contributed by atoms with E-state index >= 15 is 0 Å². The number of carboxylic acids is 1. The predicted molar refractivity (Wildman–Crippen MR) is 59.0 cm³/mol. The SMILES string of the molecule is C[C@H](Oc1ccc2ccccc2c1)C(=O)[O-].[Na+]. The standard InChI is InChI=1S/C13H12O3.Na/c1-9(13(14)15)16-12-7-6-10-4-2-3-5-11(10)8-12;/h2-9H,1H3,(H,14,15);/q;+1/p-1/t9-;/m0./s1. The van der Waals surface area contributed by atoms with Gasteiger partial charge in [0.05, 0.1) is 5.97 Å². The zero-order valence-electron chi connectivity index (χ0n) is 9.84. The Kier molecular flexibility index (Phi) is 5.00. The van der Waals surface area contributed by atoms with Crippen LogP contribution in [-0.4, -0.2) is 12.1 Å². The van der Waals surface area contributed by atoms with Crippen molar-refractivity contribution in [1.29, 1.82) is 0 Å². The van der Waals surface area contributed by atoms with E-state index in [2.05, 4.69) is 0 Å². The molecule has 0 unspecified atom stereocenters. The number of hydrogen-bond acceptors (Lipinski definition) is 3. The van der Waals surface area contributed by atoms with Crippen LogP contribution in [0.5, 0.6) is 5.75 Å². The molecule has 0 aromatic heterocycles. The number of benzene rings is 2. The summed E-state index contributed by atoms with van der Waals surface area (Å²) in [5.74, 6) is -0.677. The van der Waals surface area contributed by atoms with E-state index in [1.54, 1.807) is 6.07 Å². The molecule has 0 amide bonds. The minimum Gasteiger partial charge on any atom is -0.546 e. The molecule has 0 bridgehead atoms. The average molecular weight is 238 g/mol. The summed E-state index contributed by atoms with van der Waals surface area (Å²) < 4.78 is 5.22. The molecule has 0 radical (unpaired) electrons. The number of rotatable bonds is 3. The molecular formula is C13H11NaO3. The molecule has 0 spiro atoms. The van der Waals surface area contributed by atoms with Crippen LogP contribution in [-0.2, 0) is 4.79 Å². The molecule has 0 saturated carbocycles. The molecule has 0 aliphatic heterocycles. The van der Waals surface area contributed by atoms with Crippen molar-refractivity contribution >= 4 is 16.7 Å². The molecular weight excluding hydrogens is 227 g/mol.